The molecule has 9 heteroatoms. The molecule has 2 aromatic carbocycles. The molecular weight excluding hydrogens is 405 g/mol. The standard InChI is InChI=1S/C20H17F3N2O3S/c21-20(22,23)11-28-13-5-6-15-17(9-13)29-19(24-15)25-18(26)10-16-14-4-2-1-3-12(14)7-8-27-16/h1-6,9,16H,7-8,10-11H2,(H,24,25,26). The first-order valence-corrected chi connectivity index (χ1v) is 9.78. The summed E-state index contributed by atoms with van der Waals surface area (Å²) in [5.74, 6) is -0.136. The molecule has 1 amide bonds. The van der Waals surface area contributed by atoms with Crippen LogP contribution in [0.2, 0.25) is 0 Å². The summed E-state index contributed by atoms with van der Waals surface area (Å²) in [6, 6.07) is 12.4. The van der Waals surface area contributed by atoms with Crippen LogP contribution in [0.25, 0.3) is 10.2 Å². The van der Waals surface area contributed by atoms with E-state index in [0.717, 1.165) is 12.0 Å². The molecule has 1 unspecified atom stereocenters. The molecule has 1 atom stereocenters. The molecule has 4 rings (SSSR count). The second-order valence-corrected chi connectivity index (χ2v) is 7.64. The lowest BCUT2D eigenvalue weighted by molar-refractivity contribution is -0.153. The first-order valence-electron chi connectivity index (χ1n) is 8.97. The lowest BCUT2D eigenvalue weighted by Gasteiger charge is -2.25. The molecule has 1 aromatic heterocycles. The number of hydrogen-bond acceptors (Lipinski definition) is 5. The summed E-state index contributed by atoms with van der Waals surface area (Å²) in [4.78, 5) is 16.8. The number of anilines is 1. The van der Waals surface area contributed by atoms with Gasteiger partial charge in [0.15, 0.2) is 11.7 Å². The van der Waals surface area contributed by atoms with Crippen molar-refractivity contribution in [2.24, 2.45) is 0 Å². The number of aromatic nitrogens is 1. The number of rotatable bonds is 5. The molecule has 0 spiro atoms. The van der Waals surface area contributed by atoms with Crippen molar-refractivity contribution in [2.45, 2.75) is 25.1 Å². The van der Waals surface area contributed by atoms with Gasteiger partial charge in [0.1, 0.15) is 5.75 Å². The zero-order valence-electron chi connectivity index (χ0n) is 15.2. The van der Waals surface area contributed by atoms with Gasteiger partial charge in [-0.25, -0.2) is 4.98 Å². The predicted molar refractivity (Wildman–Crippen MR) is 103 cm³/mol. The Morgan fingerprint density at radius 2 is 2.10 bits per heavy atom. The van der Waals surface area contributed by atoms with Crippen LogP contribution in [-0.2, 0) is 16.0 Å². The third kappa shape index (κ3) is 4.86. The van der Waals surface area contributed by atoms with Gasteiger partial charge >= 0.3 is 6.18 Å². The van der Waals surface area contributed by atoms with Crippen LogP contribution in [-0.4, -0.2) is 30.3 Å². The summed E-state index contributed by atoms with van der Waals surface area (Å²) in [5.41, 5.74) is 2.77. The fraction of sp³-hybridized carbons (Fsp3) is 0.300. The SMILES string of the molecule is O=C(CC1OCCc2ccccc21)Nc1nc2ccc(OCC(F)(F)F)cc2s1. The number of nitrogens with zero attached hydrogens (tertiary/aromatic N) is 1. The van der Waals surface area contributed by atoms with Crippen molar-refractivity contribution >= 4 is 32.6 Å². The molecule has 1 aliphatic rings. The Morgan fingerprint density at radius 3 is 2.93 bits per heavy atom. The molecule has 0 bridgehead atoms. The number of alkyl halides is 3. The van der Waals surface area contributed by atoms with Gasteiger partial charge in [-0.2, -0.15) is 13.2 Å². The van der Waals surface area contributed by atoms with E-state index in [1.54, 1.807) is 6.07 Å². The molecule has 29 heavy (non-hydrogen) atoms. The third-order valence-corrected chi connectivity index (χ3v) is 5.41. The highest BCUT2D eigenvalue weighted by molar-refractivity contribution is 7.22. The number of fused-ring (bicyclic) bond motifs is 2. The number of nitrogens with one attached hydrogen (secondary N) is 1. The summed E-state index contributed by atoms with van der Waals surface area (Å²) in [7, 11) is 0. The van der Waals surface area contributed by atoms with Crippen molar-refractivity contribution < 1.29 is 27.4 Å². The van der Waals surface area contributed by atoms with E-state index in [2.05, 4.69) is 10.3 Å². The van der Waals surface area contributed by atoms with Crippen molar-refractivity contribution in [3.8, 4) is 5.75 Å². The largest absolute Gasteiger partial charge is 0.484 e. The Labute approximate surface area is 168 Å². The maximum Gasteiger partial charge on any atom is 0.422 e. The first kappa shape index (κ1) is 19.7. The molecule has 152 valence electrons. The van der Waals surface area contributed by atoms with Crippen LogP contribution in [0.1, 0.15) is 23.7 Å². The summed E-state index contributed by atoms with van der Waals surface area (Å²) >= 11 is 1.18. The molecule has 0 radical (unpaired) electrons. The van der Waals surface area contributed by atoms with Crippen LogP contribution in [0.5, 0.6) is 5.75 Å². The molecule has 3 aromatic rings. The molecule has 0 aliphatic carbocycles. The number of carbonyl (C=O) groups excluding carboxylic acids is 1. The molecule has 2 heterocycles. The van der Waals surface area contributed by atoms with Crippen LogP contribution >= 0.6 is 11.3 Å². The van der Waals surface area contributed by atoms with E-state index in [-0.39, 0.29) is 24.2 Å². The molecule has 0 saturated heterocycles. The third-order valence-electron chi connectivity index (χ3n) is 4.47. The average Bonchev–Trinajstić information content (AvgIpc) is 3.07. The lowest BCUT2D eigenvalue weighted by Crippen LogP contribution is -2.22. The second-order valence-electron chi connectivity index (χ2n) is 6.61. The molecular formula is C20H17F3N2O3S. The maximum absolute atomic E-state index is 12.5. The minimum Gasteiger partial charge on any atom is -0.484 e. The van der Waals surface area contributed by atoms with E-state index in [1.807, 2.05) is 24.3 Å². The van der Waals surface area contributed by atoms with Gasteiger partial charge in [-0.05, 0) is 35.7 Å². The quantitative estimate of drug-likeness (QED) is 0.637. The number of amides is 1. The van der Waals surface area contributed by atoms with Crippen LogP contribution < -0.4 is 10.1 Å². The highest BCUT2D eigenvalue weighted by atomic mass is 32.1. The Morgan fingerprint density at radius 1 is 1.28 bits per heavy atom. The zero-order chi connectivity index (χ0) is 20.4. The molecule has 1 aliphatic heterocycles. The topological polar surface area (TPSA) is 60.5 Å². The Balaban J connectivity index is 1.42. The smallest absolute Gasteiger partial charge is 0.422 e. The summed E-state index contributed by atoms with van der Waals surface area (Å²) in [6.45, 7) is -0.791. The van der Waals surface area contributed by atoms with E-state index in [9.17, 15) is 18.0 Å². The van der Waals surface area contributed by atoms with Crippen molar-refractivity contribution in [3.63, 3.8) is 0 Å². The molecule has 0 fully saturated rings. The maximum atomic E-state index is 12.5. The number of carbonyl (C=O) groups is 1. The van der Waals surface area contributed by atoms with Crippen LogP contribution in [0.3, 0.4) is 0 Å². The van der Waals surface area contributed by atoms with E-state index in [4.69, 9.17) is 9.47 Å². The minimum atomic E-state index is -4.40. The van der Waals surface area contributed by atoms with Crippen molar-refractivity contribution in [2.75, 3.05) is 18.5 Å². The summed E-state index contributed by atoms with van der Waals surface area (Å²) in [5, 5.41) is 3.13. The Bertz CT molecular complexity index is 1040. The van der Waals surface area contributed by atoms with Gasteiger partial charge in [0, 0.05) is 0 Å². The van der Waals surface area contributed by atoms with Gasteiger partial charge in [0.2, 0.25) is 5.91 Å². The number of thiazole rings is 1. The average molecular weight is 422 g/mol. The van der Waals surface area contributed by atoms with Gasteiger partial charge in [0.25, 0.3) is 0 Å². The molecule has 0 saturated carbocycles. The van der Waals surface area contributed by atoms with Crippen LogP contribution in [0.4, 0.5) is 18.3 Å². The highest BCUT2D eigenvalue weighted by Crippen LogP contribution is 2.32. The first-order chi connectivity index (χ1) is 13.9. The molecule has 5 nitrogen and oxygen atoms in total. The zero-order valence-corrected chi connectivity index (χ0v) is 16.0. The van der Waals surface area contributed by atoms with Gasteiger partial charge in [-0.3, -0.25) is 4.79 Å². The summed E-state index contributed by atoms with van der Waals surface area (Å²) < 4.78 is 48.0. The number of halogens is 3. The highest BCUT2D eigenvalue weighted by Gasteiger charge is 2.28. The van der Waals surface area contributed by atoms with Gasteiger partial charge < -0.3 is 14.8 Å². The van der Waals surface area contributed by atoms with E-state index < -0.39 is 12.8 Å². The van der Waals surface area contributed by atoms with Gasteiger partial charge in [0.05, 0.1) is 29.3 Å². The Hall–Kier alpha value is -2.65. The number of ether oxygens (including phenoxy) is 2. The summed E-state index contributed by atoms with van der Waals surface area (Å²) in [6.07, 6.45) is -3.73. The lowest BCUT2D eigenvalue weighted by atomic mass is 9.96. The normalized spacial score (nSPS) is 16.4. The monoisotopic (exact) mass is 422 g/mol. The minimum absolute atomic E-state index is 0.101. The molecule has 1 N–H and O–H groups in total. The van der Waals surface area contributed by atoms with Crippen LogP contribution in [0, 0.1) is 0 Å². The van der Waals surface area contributed by atoms with Gasteiger partial charge in [-0.15, -0.1) is 0 Å². The van der Waals surface area contributed by atoms with Crippen molar-refractivity contribution in [1.29, 1.82) is 0 Å². The second kappa shape index (κ2) is 8.00. The number of hydrogen-bond donors (Lipinski definition) is 1. The van der Waals surface area contributed by atoms with Gasteiger partial charge in [-0.1, -0.05) is 35.6 Å². The van der Waals surface area contributed by atoms with Crippen LogP contribution in [0.15, 0.2) is 42.5 Å². The fourth-order valence-corrected chi connectivity index (χ4v) is 4.11. The Kier molecular flexibility index (Phi) is 5.42. The van der Waals surface area contributed by atoms with Crippen molar-refractivity contribution in [3.05, 3.63) is 53.6 Å². The van der Waals surface area contributed by atoms with E-state index in [0.29, 0.717) is 22.0 Å². The van der Waals surface area contributed by atoms with E-state index in [1.165, 1.54) is 29.0 Å². The number of benzene rings is 2. The van der Waals surface area contributed by atoms with Crippen molar-refractivity contribution in [1.82, 2.24) is 4.98 Å². The van der Waals surface area contributed by atoms with E-state index >= 15 is 0 Å². The fourth-order valence-electron chi connectivity index (χ4n) is 3.20. The predicted octanol–water partition coefficient (Wildman–Crippen LogP) is 4.88.